The third-order valence-electron chi connectivity index (χ3n) is 5.32. The van der Waals surface area contributed by atoms with Gasteiger partial charge in [-0.25, -0.2) is 9.80 Å². The molecule has 0 amide bonds. The molecule has 1 heterocycles. The average Bonchev–Trinajstić information content (AvgIpc) is 2.84. The molecule has 34 heavy (non-hydrogen) atoms. The first kappa shape index (κ1) is 23.3. The molecule has 0 atom stereocenters. The van der Waals surface area contributed by atoms with Gasteiger partial charge in [0.25, 0.3) is 0 Å². The van der Waals surface area contributed by atoms with E-state index in [4.69, 9.17) is 21.1 Å². The van der Waals surface area contributed by atoms with Gasteiger partial charge < -0.3 is 9.47 Å². The summed E-state index contributed by atoms with van der Waals surface area (Å²) in [5, 5.41) is 6.75. The molecule has 1 aliphatic rings. The zero-order valence-corrected chi connectivity index (χ0v) is 20.1. The summed E-state index contributed by atoms with van der Waals surface area (Å²) in [6, 6.07) is 23.2. The van der Waals surface area contributed by atoms with Gasteiger partial charge in [-0.2, -0.15) is 5.10 Å². The van der Waals surface area contributed by atoms with Gasteiger partial charge >= 0.3 is 5.97 Å². The van der Waals surface area contributed by atoms with E-state index in [2.05, 4.69) is 11.7 Å². The predicted molar refractivity (Wildman–Crippen MR) is 137 cm³/mol. The van der Waals surface area contributed by atoms with E-state index in [1.54, 1.807) is 0 Å². The second-order valence-corrected chi connectivity index (χ2v) is 8.42. The maximum absolute atomic E-state index is 13.0. The van der Waals surface area contributed by atoms with Crippen LogP contribution >= 0.6 is 11.6 Å². The van der Waals surface area contributed by atoms with Crippen LogP contribution in [0.3, 0.4) is 0 Å². The van der Waals surface area contributed by atoms with Gasteiger partial charge in [-0.05, 0) is 42.7 Å². The summed E-state index contributed by atoms with van der Waals surface area (Å²) in [5.74, 6) is -0.181. The van der Waals surface area contributed by atoms with Crippen LogP contribution in [0.4, 0.5) is 0 Å². The molecule has 0 unspecified atom stereocenters. The Balaban J connectivity index is 1.96. The van der Waals surface area contributed by atoms with Crippen LogP contribution < -0.4 is 0 Å². The molecule has 3 aromatic rings. The number of methoxy groups -OCH3 is 1. The minimum Gasteiger partial charge on any atom is -0.486 e. The lowest BCUT2D eigenvalue weighted by Crippen LogP contribution is -2.29. The van der Waals surface area contributed by atoms with Crippen molar-refractivity contribution >= 4 is 34.7 Å². The first-order valence-corrected chi connectivity index (χ1v) is 11.2. The minimum atomic E-state index is -0.562. The number of hydrogen-bond donors (Lipinski definition) is 0. The molecule has 0 fully saturated rings. The van der Waals surface area contributed by atoms with Crippen molar-refractivity contribution in [2.75, 3.05) is 7.11 Å². The van der Waals surface area contributed by atoms with Crippen LogP contribution in [-0.4, -0.2) is 23.8 Å². The number of carbonyl (C=O) groups is 1. The third-order valence-corrected chi connectivity index (χ3v) is 5.56. The van der Waals surface area contributed by atoms with E-state index < -0.39 is 5.97 Å². The maximum atomic E-state index is 13.0. The molecule has 0 saturated heterocycles. The first-order chi connectivity index (χ1) is 16.4. The number of rotatable bonds is 6. The van der Waals surface area contributed by atoms with Gasteiger partial charge in [-0.3, -0.25) is 0 Å². The normalized spacial score (nSPS) is 12.8. The molecule has 0 radical (unpaired) electrons. The number of esters is 1. The van der Waals surface area contributed by atoms with E-state index in [9.17, 15) is 4.79 Å². The summed E-state index contributed by atoms with van der Waals surface area (Å²) < 4.78 is 11.4. The molecule has 3 aromatic carbocycles. The van der Waals surface area contributed by atoms with E-state index >= 15 is 0 Å². The highest BCUT2D eigenvalue weighted by Crippen LogP contribution is 2.44. The van der Waals surface area contributed by atoms with E-state index in [0.717, 1.165) is 33.5 Å². The lowest BCUT2D eigenvalue weighted by Gasteiger charge is -2.33. The van der Waals surface area contributed by atoms with Crippen molar-refractivity contribution in [3.05, 3.63) is 107 Å². The van der Waals surface area contributed by atoms with Crippen LogP contribution in [0.25, 0.3) is 22.6 Å². The third kappa shape index (κ3) is 4.61. The topological polar surface area (TPSA) is 51.1 Å². The first-order valence-electron chi connectivity index (χ1n) is 10.8. The molecule has 0 N–H and O–H groups in total. The van der Waals surface area contributed by atoms with Gasteiger partial charge in [0.1, 0.15) is 6.61 Å². The maximum Gasteiger partial charge on any atom is 0.360 e. The molecule has 5 nitrogen and oxygen atoms in total. The van der Waals surface area contributed by atoms with Crippen molar-refractivity contribution in [3.63, 3.8) is 0 Å². The largest absolute Gasteiger partial charge is 0.486 e. The lowest BCUT2D eigenvalue weighted by atomic mass is 9.89. The van der Waals surface area contributed by atoms with Crippen molar-refractivity contribution in [1.29, 1.82) is 0 Å². The quantitative estimate of drug-likeness (QED) is 0.294. The van der Waals surface area contributed by atoms with Gasteiger partial charge in [0.2, 0.25) is 0 Å². The van der Waals surface area contributed by atoms with Gasteiger partial charge in [-0.15, -0.1) is 0 Å². The highest BCUT2D eigenvalue weighted by atomic mass is 35.5. The van der Waals surface area contributed by atoms with Gasteiger partial charge in [0, 0.05) is 21.9 Å². The lowest BCUT2D eigenvalue weighted by molar-refractivity contribution is -0.137. The number of carbonyl (C=O) groups excluding carboxylic acids is 1. The predicted octanol–water partition coefficient (Wildman–Crippen LogP) is 6.75. The van der Waals surface area contributed by atoms with Crippen LogP contribution in [0, 0.1) is 0 Å². The molecule has 172 valence electrons. The summed E-state index contributed by atoms with van der Waals surface area (Å²) in [6.45, 7) is 8.28. The van der Waals surface area contributed by atoms with E-state index in [-0.39, 0.29) is 12.3 Å². The molecule has 6 heteroatoms. The Kier molecular flexibility index (Phi) is 6.85. The monoisotopic (exact) mass is 472 g/mol. The summed E-state index contributed by atoms with van der Waals surface area (Å²) in [5.41, 5.74) is 5.81. The molecule has 0 aromatic heterocycles. The smallest absolute Gasteiger partial charge is 0.360 e. The number of halogens is 1. The zero-order chi connectivity index (χ0) is 24.2. The highest BCUT2D eigenvalue weighted by Gasteiger charge is 2.36. The van der Waals surface area contributed by atoms with Crippen LogP contribution in [0.2, 0.25) is 5.02 Å². The summed E-state index contributed by atoms with van der Waals surface area (Å²) in [6.07, 6.45) is 0. The number of ether oxygens (including phenoxy) is 2. The van der Waals surface area contributed by atoms with E-state index in [0.29, 0.717) is 16.5 Å². The van der Waals surface area contributed by atoms with Crippen molar-refractivity contribution < 1.29 is 14.3 Å². The summed E-state index contributed by atoms with van der Waals surface area (Å²) in [7, 11) is 1.34. The SMILES string of the molecule is C=C1c2c(cccc2-c2cccc(Cl)c2)C(OCc2ccccc2)=C(C(=O)OC)N1N=C(C)C. The van der Waals surface area contributed by atoms with E-state index in [1.807, 2.05) is 86.6 Å². The molecular formula is C28H25ClN2O3. The number of fused-ring (bicyclic) bond motifs is 1. The molecule has 1 aliphatic heterocycles. The fraction of sp³-hybridized carbons (Fsp3) is 0.143. The van der Waals surface area contributed by atoms with Crippen LogP contribution in [0.5, 0.6) is 0 Å². The molecule has 0 aliphatic carbocycles. The van der Waals surface area contributed by atoms with Crippen LogP contribution in [-0.2, 0) is 20.9 Å². The summed E-state index contributed by atoms with van der Waals surface area (Å²) >= 11 is 6.29. The fourth-order valence-electron chi connectivity index (χ4n) is 3.88. The zero-order valence-electron chi connectivity index (χ0n) is 19.3. The number of nitrogens with zero attached hydrogens (tertiary/aromatic N) is 2. The molecule has 0 spiro atoms. The number of hydrazone groups is 1. The van der Waals surface area contributed by atoms with Crippen LogP contribution in [0.15, 0.2) is 90.2 Å². The minimum absolute atomic E-state index is 0.181. The number of hydrogen-bond acceptors (Lipinski definition) is 5. The van der Waals surface area contributed by atoms with Crippen molar-refractivity contribution in [2.24, 2.45) is 5.10 Å². The Morgan fingerprint density at radius 3 is 2.38 bits per heavy atom. The van der Waals surface area contributed by atoms with Crippen molar-refractivity contribution in [2.45, 2.75) is 20.5 Å². The van der Waals surface area contributed by atoms with Crippen molar-refractivity contribution in [3.8, 4) is 11.1 Å². The molecule has 0 bridgehead atoms. The van der Waals surface area contributed by atoms with Gasteiger partial charge in [0.15, 0.2) is 11.5 Å². The standard InChI is InChI=1S/C28H25ClN2O3/c1-18(2)30-31-19(3)25-23(21-12-8-13-22(29)16-21)14-9-15-24(25)27(26(31)28(32)33-4)34-17-20-10-6-5-7-11-20/h5-16H,3,17H2,1-2,4H3. The Morgan fingerprint density at radius 1 is 1.00 bits per heavy atom. The molecule has 0 saturated carbocycles. The molecular weight excluding hydrogens is 448 g/mol. The average molecular weight is 473 g/mol. The van der Waals surface area contributed by atoms with Gasteiger partial charge in [0.05, 0.1) is 12.8 Å². The second kappa shape index (κ2) is 9.98. The summed E-state index contributed by atoms with van der Waals surface area (Å²) in [4.78, 5) is 13.0. The second-order valence-electron chi connectivity index (χ2n) is 7.99. The van der Waals surface area contributed by atoms with Crippen LogP contribution in [0.1, 0.15) is 30.5 Å². The molecule has 4 rings (SSSR count). The Hall–Kier alpha value is -3.83. The van der Waals surface area contributed by atoms with Gasteiger partial charge in [-0.1, -0.05) is 78.8 Å². The Labute approximate surface area is 204 Å². The number of benzene rings is 3. The van der Waals surface area contributed by atoms with Crippen molar-refractivity contribution in [1.82, 2.24) is 5.01 Å². The Bertz CT molecular complexity index is 1310. The highest BCUT2D eigenvalue weighted by molar-refractivity contribution is 6.30. The van der Waals surface area contributed by atoms with E-state index in [1.165, 1.54) is 12.1 Å². The Morgan fingerprint density at radius 2 is 1.71 bits per heavy atom. The fourth-order valence-corrected chi connectivity index (χ4v) is 4.07.